The molecule has 0 bridgehead atoms. The van der Waals surface area contributed by atoms with Gasteiger partial charge < -0.3 is 5.11 Å². The quantitative estimate of drug-likeness (QED) is 0.164. The summed E-state index contributed by atoms with van der Waals surface area (Å²) in [4.78, 5) is 38.1. The SMILES string of the molecule is C=C(C)[C@@H]1CCC2(C(=O)O)CC[C@]3(C)C(CCC4[C@@]5(C)CC(=Cc6cccc([N+](=O)[O-])c6)C(=O)C(C)(C)C5CC[C@]43C)C12. The molecule has 0 amide bonds. The van der Waals surface area contributed by atoms with Gasteiger partial charge in [-0.15, -0.1) is 0 Å². The summed E-state index contributed by atoms with van der Waals surface area (Å²) in [5.41, 5.74) is 1.45. The highest BCUT2D eigenvalue weighted by Crippen LogP contribution is 2.77. The Morgan fingerprint density at radius 3 is 2.37 bits per heavy atom. The summed E-state index contributed by atoms with van der Waals surface area (Å²) in [5.74, 6) is 0.980. The van der Waals surface area contributed by atoms with Gasteiger partial charge in [-0.25, -0.2) is 0 Å². The Hall–Kier alpha value is -2.76. The fourth-order valence-corrected chi connectivity index (χ4v) is 12.4. The first-order valence-corrected chi connectivity index (χ1v) is 16.4. The monoisotopic (exact) mass is 587 g/mol. The van der Waals surface area contributed by atoms with Crippen molar-refractivity contribution in [3.05, 3.63) is 57.7 Å². The number of nitrogens with zero attached hydrogens (tertiary/aromatic N) is 1. The molecule has 5 fully saturated rings. The molecule has 0 saturated heterocycles. The van der Waals surface area contributed by atoms with Crippen LogP contribution in [0.15, 0.2) is 42.0 Å². The van der Waals surface area contributed by atoms with E-state index in [1.165, 1.54) is 6.07 Å². The highest BCUT2D eigenvalue weighted by atomic mass is 16.6. The third-order valence-corrected chi connectivity index (χ3v) is 14.5. The molecule has 0 spiro atoms. The number of ketones is 1. The Balaban J connectivity index is 1.41. The second-order valence-corrected chi connectivity index (χ2v) is 16.4. The summed E-state index contributed by atoms with van der Waals surface area (Å²) in [6.07, 6.45) is 10.1. The number of benzene rings is 1. The van der Waals surface area contributed by atoms with Crippen molar-refractivity contribution in [2.45, 2.75) is 99.3 Å². The van der Waals surface area contributed by atoms with E-state index < -0.39 is 16.8 Å². The Morgan fingerprint density at radius 2 is 1.72 bits per heavy atom. The van der Waals surface area contributed by atoms with Gasteiger partial charge in [0.1, 0.15) is 0 Å². The lowest BCUT2D eigenvalue weighted by molar-refractivity contribution is -0.384. The minimum absolute atomic E-state index is 0.0150. The number of hydrogen-bond acceptors (Lipinski definition) is 4. The summed E-state index contributed by atoms with van der Waals surface area (Å²) in [7, 11) is 0. The van der Waals surface area contributed by atoms with Crippen molar-refractivity contribution in [3.8, 4) is 0 Å². The van der Waals surface area contributed by atoms with Crippen LogP contribution in [-0.4, -0.2) is 21.8 Å². The van der Waals surface area contributed by atoms with E-state index in [9.17, 15) is 24.8 Å². The summed E-state index contributed by atoms with van der Waals surface area (Å²) < 4.78 is 0. The number of nitro groups is 1. The number of carboxylic acids is 1. The van der Waals surface area contributed by atoms with Gasteiger partial charge in [0.25, 0.3) is 5.69 Å². The van der Waals surface area contributed by atoms with Crippen LogP contribution in [0, 0.1) is 66.8 Å². The zero-order chi connectivity index (χ0) is 31.3. The molecule has 43 heavy (non-hydrogen) atoms. The Kier molecular flexibility index (Phi) is 6.77. The predicted molar refractivity (Wildman–Crippen MR) is 168 cm³/mol. The van der Waals surface area contributed by atoms with Crippen LogP contribution in [0.1, 0.15) is 105 Å². The number of carbonyl (C=O) groups is 2. The molecule has 1 aromatic rings. The van der Waals surface area contributed by atoms with Gasteiger partial charge in [0.05, 0.1) is 10.3 Å². The maximum atomic E-state index is 14.1. The largest absolute Gasteiger partial charge is 0.481 e. The summed E-state index contributed by atoms with van der Waals surface area (Å²) in [6.45, 7) is 18.1. The molecule has 1 aromatic carbocycles. The number of fused-ring (bicyclic) bond motifs is 7. The van der Waals surface area contributed by atoms with Gasteiger partial charge in [-0.3, -0.25) is 19.7 Å². The number of carbonyl (C=O) groups excluding carboxylic acids is 1. The van der Waals surface area contributed by atoms with E-state index in [-0.39, 0.29) is 50.4 Å². The molecular weight excluding hydrogens is 538 g/mol. The highest BCUT2D eigenvalue weighted by Gasteiger charge is 2.72. The van der Waals surface area contributed by atoms with Crippen molar-refractivity contribution in [2.24, 2.45) is 56.7 Å². The number of hydrogen-bond donors (Lipinski definition) is 1. The summed E-state index contributed by atoms with van der Waals surface area (Å²) in [5, 5.41) is 22.1. The minimum Gasteiger partial charge on any atom is -0.481 e. The molecule has 5 aliphatic rings. The minimum atomic E-state index is -0.633. The number of rotatable bonds is 4. The zero-order valence-corrected chi connectivity index (χ0v) is 26.9. The lowest BCUT2D eigenvalue weighted by Gasteiger charge is -2.72. The van der Waals surface area contributed by atoms with Gasteiger partial charge in [0, 0.05) is 17.5 Å². The Morgan fingerprint density at radius 1 is 1.00 bits per heavy atom. The standard InChI is InChI=1S/C37H49NO5/c1-22(2)26-13-16-37(32(40)41)18-17-35(6)27(30(26)37)11-12-29-34(5)21-24(19-23-9-8-10-25(20-23)38(42)43)31(39)33(3,4)28(34)14-15-36(29,35)7/h8-10,19-20,26-30H,1,11-18,21H2,2-7H3,(H,40,41)/t26-,27?,28?,29?,30?,34-,35+,36+,37?/m0/s1. The van der Waals surface area contributed by atoms with Crippen LogP contribution < -0.4 is 0 Å². The average Bonchev–Trinajstić information content (AvgIpc) is 3.34. The van der Waals surface area contributed by atoms with E-state index in [4.69, 9.17) is 0 Å². The molecule has 0 aromatic heterocycles. The van der Waals surface area contributed by atoms with E-state index in [0.29, 0.717) is 23.8 Å². The Bertz CT molecular complexity index is 1440. The molecule has 1 N–H and O–H groups in total. The third-order valence-electron chi connectivity index (χ3n) is 14.5. The second kappa shape index (κ2) is 9.62. The van der Waals surface area contributed by atoms with Crippen LogP contribution in [0.4, 0.5) is 5.69 Å². The van der Waals surface area contributed by atoms with E-state index in [2.05, 4.69) is 48.1 Å². The number of nitro benzene ring substituents is 1. The van der Waals surface area contributed by atoms with Gasteiger partial charge in [-0.1, -0.05) is 58.9 Å². The van der Waals surface area contributed by atoms with Crippen LogP contribution in [0.2, 0.25) is 0 Å². The highest BCUT2D eigenvalue weighted by molar-refractivity contribution is 6.04. The fraction of sp³-hybridized carbons (Fsp3) is 0.676. The molecule has 6 heteroatoms. The molecule has 232 valence electrons. The topological polar surface area (TPSA) is 97.5 Å². The number of aliphatic carboxylic acids is 1. The first-order valence-electron chi connectivity index (χ1n) is 16.4. The maximum absolute atomic E-state index is 14.1. The molecule has 9 atom stereocenters. The summed E-state index contributed by atoms with van der Waals surface area (Å²) >= 11 is 0. The van der Waals surface area contributed by atoms with Gasteiger partial charge in [0.15, 0.2) is 5.78 Å². The van der Waals surface area contributed by atoms with Gasteiger partial charge in [-0.2, -0.15) is 0 Å². The molecule has 0 heterocycles. The second-order valence-electron chi connectivity index (χ2n) is 16.4. The zero-order valence-electron chi connectivity index (χ0n) is 26.9. The van der Waals surface area contributed by atoms with Crippen LogP contribution in [0.5, 0.6) is 0 Å². The molecule has 6 nitrogen and oxygen atoms in total. The van der Waals surface area contributed by atoms with Crippen LogP contribution in [0.3, 0.4) is 0 Å². The smallest absolute Gasteiger partial charge is 0.309 e. The van der Waals surface area contributed by atoms with Gasteiger partial charge >= 0.3 is 5.97 Å². The number of carboxylic acid groups (broad SMARTS) is 1. The van der Waals surface area contributed by atoms with Crippen LogP contribution >= 0.6 is 0 Å². The number of Topliss-reactive ketones (excluding diaryl/α,β-unsaturated/α-hetero) is 1. The molecule has 5 aliphatic carbocycles. The van der Waals surface area contributed by atoms with E-state index in [1.54, 1.807) is 12.1 Å². The first-order chi connectivity index (χ1) is 20.0. The van der Waals surface area contributed by atoms with Crippen LogP contribution in [-0.2, 0) is 9.59 Å². The molecule has 6 rings (SSSR count). The molecule has 0 radical (unpaired) electrons. The Labute approximate surface area is 256 Å². The molecular formula is C37H49NO5. The van der Waals surface area contributed by atoms with Crippen LogP contribution in [0.25, 0.3) is 6.08 Å². The number of allylic oxidation sites excluding steroid dienone is 2. The number of non-ortho nitro benzene ring substituents is 1. The van der Waals surface area contributed by atoms with Gasteiger partial charge in [0.2, 0.25) is 0 Å². The summed E-state index contributed by atoms with van der Waals surface area (Å²) in [6, 6.07) is 6.59. The lowest BCUT2D eigenvalue weighted by Crippen LogP contribution is -2.67. The van der Waals surface area contributed by atoms with Crippen molar-refractivity contribution >= 4 is 23.5 Å². The van der Waals surface area contributed by atoms with E-state index >= 15 is 0 Å². The van der Waals surface area contributed by atoms with E-state index in [1.807, 2.05) is 12.1 Å². The van der Waals surface area contributed by atoms with Crippen molar-refractivity contribution in [1.29, 1.82) is 0 Å². The van der Waals surface area contributed by atoms with Crippen molar-refractivity contribution in [1.82, 2.24) is 0 Å². The van der Waals surface area contributed by atoms with E-state index in [0.717, 1.165) is 62.5 Å². The fourth-order valence-electron chi connectivity index (χ4n) is 12.4. The normalized spacial score (nSPS) is 44.1. The van der Waals surface area contributed by atoms with Gasteiger partial charge in [-0.05, 0) is 128 Å². The lowest BCUT2D eigenvalue weighted by atomic mass is 9.32. The van der Waals surface area contributed by atoms with Crippen molar-refractivity contribution in [2.75, 3.05) is 0 Å². The first kappa shape index (κ1) is 30.3. The molecule has 5 saturated carbocycles. The van der Waals surface area contributed by atoms with Crippen molar-refractivity contribution in [3.63, 3.8) is 0 Å². The van der Waals surface area contributed by atoms with Crippen molar-refractivity contribution < 1.29 is 19.6 Å². The molecule has 5 unspecified atom stereocenters. The third kappa shape index (κ3) is 3.96. The maximum Gasteiger partial charge on any atom is 0.309 e. The average molecular weight is 588 g/mol. The predicted octanol–water partition coefficient (Wildman–Crippen LogP) is 8.90. The molecule has 0 aliphatic heterocycles.